The molecule has 0 unspecified atom stereocenters. The van der Waals surface area contributed by atoms with Gasteiger partial charge in [0.25, 0.3) is 0 Å². The van der Waals surface area contributed by atoms with Gasteiger partial charge in [0, 0.05) is 25.4 Å². The van der Waals surface area contributed by atoms with Crippen molar-refractivity contribution in [3.05, 3.63) is 41.1 Å². The summed E-state index contributed by atoms with van der Waals surface area (Å²) in [6.07, 6.45) is 0. The molecule has 7 nitrogen and oxygen atoms in total. The summed E-state index contributed by atoms with van der Waals surface area (Å²) in [4.78, 5) is 37.1. The number of allylic oxidation sites excluding steroid dienone is 1. The zero-order valence-electron chi connectivity index (χ0n) is 14.2. The monoisotopic (exact) mass is 331 g/mol. The number of amides is 3. The fraction of sp³-hybridized carbons (Fsp3) is 0.353. The Labute approximate surface area is 140 Å². The van der Waals surface area contributed by atoms with E-state index in [2.05, 4.69) is 10.6 Å². The van der Waals surface area contributed by atoms with E-state index in [-0.39, 0.29) is 18.5 Å². The van der Waals surface area contributed by atoms with Gasteiger partial charge < -0.3 is 20.3 Å². The van der Waals surface area contributed by atoms with Gasteiger partial charge in [-0.3, -0.25) is 4.79 Å². The number of ether oxygens (including phenoxy) is 1. The fourth-order valence-corrected chi connectivity index (χ4v) is 2.56. The van der Waals surface area contributed by atoms with Gasteiger partial charge in [-0.1, -0.05) is 12.1 Å². The molecule has 1 atom stereocenters. The topological polar surface area (TPSA) is 87.7 Å². The average molecular weight is 331 g/mol. The quantitative estimate of drug-likeness (QED) is 0.828. The summed E-state index contributed by atoms with van der Waals surface area (Å²) in [6, 6.07) is 6.06. The molecule has 0 bridgehead atoms. The fourth-order valence-electron chi connectivity index (χ4n) is 2.56. The van der Waals surface area contributed by atoms with Crippen molar-refractivity contribution in [3.63, 3.8) is 0 Å². The molecule has 1 aliphatic rings. The van der Waals surface area contributed by atoms with Gasteiger partial charge in [-0.15, -0.1) is 0 Å². The summed E-state index contributed by atoms with van der Waals surface area (Å²) < 4.78 is 5.14. The molecule has 1 aromatic rings. The largest absolute Gasteiger partial charge is 0.463 e. The van der Waals surface area contributed by atoms with Crippen LogP contribution in [-0.2, 0) is 14.3 Å². The van der Waals surface area contributed by atoms with Crippen LogP contribution in [0.2, 0.25) is 0 Å². The molecule has 0 saturated carbocycles. The molecular formula is C17H21N3O4. The van der Waals surface area contributed by atoms with Crippen LogP contribution in [0.1, 0.15) is 32.4 Å². The van der Waals surface area contributed by atoms with Gasteiger partial charge in [-0.2, -0.15) is 0 Å². The number of hydrogen-bond donors (Lipinski definition) is 2. The first-order valence-corrected chi connectivity index (χ1v) is 7.64. The third kappa shape index (κ3) is 3.56. The number of carbonyl (C=O) groups excluding carboxylic acids is 3. The van der Waals surface area contributed by atoms with E-state index < -0.39 is 12.0 Å². The maximum atomic E-state index is 12.4. The predicted molar refractivity (Wildman–Crippen MR) is 89.1 cm³/mol. The van der Waals surface area contributed by atoms with Crippen LogP contribution in [0.3, 0.4) is 0 Å². The minimum absolute atomic E-state index is 0.197. The molecule has 1 aromatic carbocycles. The van der Waals surface area contributed by atoms with Crippen molar-refractivity contribution in [3.8, 4) is 0 Å². The highest BCUT2D eigenvalue weighted by Gasteiger charge is 2.34. The van der Waals surface area contributed by atoms with Crippen molar-refractivity contribution in [2.45, 2.75) is 26.8 Å². The van der Waals surface area contributed by atoms with Crippen LogP contribution in [-0.4, -0.2) is 36.5 Å². The summed E-state index contributed by atoms with van der Waals surface area (Å²) in [5, 5.41) is 5.49. The summed E-state index contributed by atoms with van der Waals surface area (Å²) in [5.41, 5.74) is 2.19. The number of rotatable bonds is 4. The molecule has 7 heteroatoms. The molecule has 24 heavy (non-hydrogen) atoms. The third-order valence-corrected chi connectivity index (χ3v) is 3.79. The lowest BCUT2D eigenvalue weighted by Gasteiger charge is -2.33. The molecule has 3 amide bonds. The molecule has 0 radical (unpaired) electrons. The molecule has 0 saturated heterocycles. The predicted octanol–water partition coefficient (Wildman–Crippen LogP) is 2.18. The average Bonchev–Trinajstić information content (AvgIpc) is 2.52. The number of urea groups is 1. The molecule has 0 aliphatic carbocycles. The first-order valence-electron chi connectivity index (χ1n) is 7.64. The second kappa shape index (κ2) is 7.16. The minimum atomic E-state index is -0.638. The van der Waals surface area contributed by atoms with Gasteiger partial charge in [0.15, 0.2) is 0 Å². The zero-order chi connectivity index (χ0) is 17.9. The van der Waals surface area contributed by atoms with E-state index in [1.807, 2.05) is 0 Å². The molecule has 2 N–H and O–H groups in total. The third-order valence-electron chi connectivity index (χ3n) is 3.79. The zero-order valence-corrected chi connectivity index (χ0v) is 14.2. The van der Waals surface area contributed by atoms with Crippen LogP contribution in [0.15, 0.2) is 35.5 Å². The van der Waals surface area contributed by atoms with E-state index in [1.54, 1.807) is 45.2 Å². The Morgan fingerprint density at radius 1 is 1.38 bits per heavy atom. The number of nitrogens with one attached hydrogen (secondary N) is 2. The Bertz CT molecular complexity index is 712. The number of carbonyl (C=O) groups is 3. The molecule has 0 spiro atoms. The van der Waals surface area contributed by atoms with Crippen LogP contribution in [0.25, 0.3) is 0 Å². The van der Waals surface area contributed by atoms with E-state index in [0.717, 1.165) is 0 Å². The van der Waals surface area contributed by atoms with Gasteiger partial charge in [-0.25, -0.2) is 9.59 Å². The van der Waals surface area contributed by atoms with E-state index in [9.17, 15) is 14.4 Å². The molecule has 0 aromatic heterocycles. The Morgan fingerprint density at radius 3 is 2.71 bits per heavy atom. The summed E-state index contributed by atoms with van der Waals surface area (Å²) in [6.45, 7) is 5.09. The van der Waals surface area contributed by atoms with E-state index in [4.69, 9.17) is 4.74 Å². The highest BCUT2D eigenvalue weighted by molar-refractivity contribution is 5.95. The van der Waals surface area contributed by atoms with Crippen molar-refractivity contribution in [2.75, 3.05) is 19.0 Å². The molecule has 128 valence electrons. The van der Waals surface area contributed by atoms with Crippen LogP contribution >= 0.6 is 0 Å². The van der Waals surface area contributed by atoms with Crippen molar-refractivity contribution >= 4 is 23.6 Å². The normalized spacial score (nSPS) is 17.4. The SMILES string of the molecule is CCOC(=O)C1=C(C)N(C)C(=O)N[C@H]1c1cccc(NC(C)=O)c1. The van der Waals surface area contributed by atoms with Crippen molar-refractivity contribution in [1.29, 1.82) is 0 Å². The van der Waals surface area contributed by atoms with Crippen molar-refractivity contribution < 1.29 is 19.1 Å². The van der Waals surface area contributed by atoms with E-state index >= 15 is 0 Å². The molecular weight excluding hydrogens is 310 g/mol. The minimum Gasteiger partial charge on any atom is -0.463 e. The van der Waals surface area contributed by atoms with Gasteiger partial charge in [0.05, 0.1) is 18.2 Å². The first kappa shape index (κ1) is 17.5. The highest BCUT2D eigenvalue weighted by atomic mass is 16.5. The maximum absolute atomic E-state index is 12.4. The number of esters is 1. The van der Waals surface area contributed by atoms with Gasteiger partial charge >= 0.3 is 12.0 Å². The first-order chi connectivity index (χ1) is 11.3. The number of benzene rings is 1. The van der Waals surface area contributed by atoms with Crippen LogP contribution in [0.5, 0.6) is 0 Å². The lowest BCUT2D eigenvalue weighted by Crippen LogP contribution is -2.46. The smallest absolute Gasteiger partial charge is 0.338 e. The van der Waals surface area contributed by atoms with Crippen LogP contribution in [0, 0.1) is 0 Å². The lowest BCUT2D eigenvalue weighted by molar-refractivity contribution is -0.139. The van der Waals surface area contributed by atoms with Crippen LogP contribution < -0.4 is 10.6 Å². The molecule has 1 aliphatic heterocycles. The second-order valence-corrected chi connectivity index (χ2v) is 5.47. The summed E-state index contributed by atoms with van der Waals surface area (Å²) in [5.74, 6) is -0.673. The second-order valence-electron chi connectivity index (χ2n) is 5.47. The van der Waals surface area contributed by atoms with Gasteiger partial charge in [0.2, 0.25) is 5.91 Å². The number of hydrogen-bond acceptors (Lipinski definition) is 4. The van der Waals surface area contributed by atoms with Gasteiger partial charge in [-0.05, 0) is 31.5 Å². The highest BCUT2D eigenvalue weighted by Crippen LogP contribution is 2.31. The summed E-state index contributed by atoms with van der Waals surface area (Å²) in [7, 11) is 1.59. The lowest BCUT2D eigenvalue weighted by atomic mass is 9.94. The molecule has 2 rings (SSSR count). The standard InChI is InChI=1S/C17H21N3O4/c1-5-24-16(22)14-10(2)20(4)17(23)19-15(14)12-7-6-8-13(9-12)18-11(3)21/h6-9,15H,5H2,1-4H3,(H,18,21)(H,19,23)/t15-/m0/s1. The van der Waals surface area contributed by atoms with Gasteiger partial charge in [0.1, 0.15) is 0 Å². The molecule has 0 fully saturated rings. The van der Waals surface area contributed by atoms with Crippen molar-refractivity contribution in [2.24, 2.45) is 0 Å². The van der Waals surface area contributed by atoms with E-state index in [0.29, 0.717) is 22.5 Å². The number of nitrogens with zero attached hydrogens (tertiary/aromatic N) is 1. The Morgan fingerprint density at radius 2 is 2.08 bits per heavy atom. The number of anilines is 1. The summed E-state index contributed by atoms with van der Waals surface area (Å²) >= 11 is 0. The molecule has 1 heterocycles. The Hall–Kier alpha value is -2.83. The van der Waals surface area contributed by atoms with Crippen molar-refractivity contribution in [1.82, 2.24) is 10.2 Å². The van der Waals surface area contributed by atoms with Crippen LogP contribution in [0.4, 0.5) is 10.5 Å². The van der Waals surface area contributed by atoms with E-state index in [1.165, 1.54) is 11.8 Å². The Kier molecular flexibility index (Phi) is 5.23. The Balaban J connectivity index is 2.47. The maximum Gasteiger partial charge on any atom is 0.338 e.